The molecule has 0 unspecified atom stereocenters. The lowest BCUT2D eigenvalue weighted by molar-refractivity contribution is -0.134. The van der Waals surface area contributed by atoms with Crippen LogP contribution in [0.2, 0.25) is 0 Å². The molecule has 204 valence electrons. The van der Waals surface area contributed by atoms with E-state index in [1.165, 1.54) is 19.1 Å². The largest absolute Gasteiger partial charge is 0.493 e. The van der Waals surface area contributed by atoms with Crippen molar-refractivity contribution in [1.82, 2.24) is 4.90 Å². The third kappa shape index (κ3) is 5.05. The Labute approximate surface area is 229 Å². The van der Waals surface area contributed by atoms with Crippen LogP contribution in [-0.4, -0.2) is 43.4 Å². The van der Waals surface area contributed by atoms with Gasteiger partial charge in [-0.2, -0.15) is 0 Å². The number of unbranched alkanes of at least 4 members (excludes halogenated alkanes) is 2. The van der Waals surface area contributed by atoms with E-state index in [1.54, 1.807) is 66.7 Å². The second-order valence-electron chi connectivity index (χ2n) is 9.25. The van der Waals surface area contributed by atoms with Gasteiger partial charge >= 0.3 is 5.97 Å². The van der Waals surface area contributed by atoms with E-state index < -0.39 is 11.4 Å². The molecule has 2 heterocycles. The Morgan fingerprint density at radius 1 is 0.800 bits per heavy atom. The highest BCUT2D eigenvalue weighted by Gasteiger charge is 2.34. The molecule has 0 aliphatic carbocycles. The second-order valence-corrected chi connectivity index (χ2v) is 9.25. The first-order valence-corrected chi connectivity index (χ1v) is 12.9. The summed E-state index contributed by atoms with van der Waals surface area (Å²) in [7, 11) is 3.01. The molecule has 0 atom stereocenters. The Morgan fingerprint density at radius 2 is 1.48 bits per heavy atom. The summed E-state index contributed by atoms with van der Waals surface area (Å²) in [5.74, 6) is -0.382. The number of para-hydroxylation sites is 1. The predicted molar refractivity (Wildman–Crippen MR) is 147 cm³/mol. The van der Waals surface area contributed by atoms with E-state index in [1.807, 2.05) is 0 Å². The van der Waals surface area contributed by atoms with E-state index in [-0.39, 0.29) is 41.7 Å². The van der Waals surface area contributed by atoms with Gasteiger partial charge in [0, 0.05) is 18.5 Å². The molecule has 9 nitrogen and oxygen atoms in total. The third-order valence-electron chi connectivity index (χ3n) is 6.76. The van der Waals surface area contributed by atoms with Gasteiger partial charge in [-0.05, 0) is 55.3 Å². The topological polar surface area (TPSA) is 112 Å². The summed E-state index contributed by atoms with van der Waals surface area (Å²) >= 11 is 0. The van der Waals surface area contributed by atoms with Gasteiger partial charge in [0.05, 0.1) is 30.7 Å². The number of carbonyl (C=O) groups excluding carboxylic acids is 3. The van der Waals surface area contributed by atoms with E-state index in [4.69, 9.17) is 18.6 Å². The molecule has 0 saturated carbocycles. The van der Waals surface area contributed by atoms with Gasteiger partial charge in [0.15, 0.2) is 17.3 Å². The van der Waals surface area contributed by atoms with Gasteiger partial charge in [-0.25, -0.2) is 0 Å². The first kappa shape index (κ1) is 26.7. The van der Waals surface area contributed by atoms with Crippen molar-refractivity contribution in [2.45, 2.75) is 25.7 Å². The zero-order chi connectivity index (χ0) is 28.2. The second kappa shape index (κ2) is 11.4. The number of amides is 2. The van der Waals surface area contributed by atoms with Crippen molar-refractivity contribution in [2.75, 3.05) is 20.8 Å². The number of carbonyl (C=O) groups is 3. The van der Waals surface area contributed by atoms with Crippen LogP contribution in [0.15, 0.2) is 75.9 Å². The summed E-state index contributed by atoms with van der Waals surface area (Å²) in [6, 6.07) is 18.5. The van der Waals surface area contributed by atoms with Gasteiger partial charge in [-0.3, -0.25) is 24.1 Å². The van der Waals surface area contributed by atoms with Crippen molar-refractivity contribution in [2.24, 2.45) is 0 Å². The van der Waals surface area contributed by atoms with Crippen molar-refractivity contribution in [1.29, 1.82) is 0 Å². The number of ether oxygens (including phenoxy) is 3. The summed E-state index contributed by atoms with van der Waals surface area (Å²) in [4.78, 5) is 52.4. The fourth-order valence-electron chi connectivity index (χ4n) is 4.71. The van der Waals surface area contributed by atoms with Crippen molar-refractivity contribution < 1.29 is 33.0 Å². The lowest BCUT2D eigenvalue weighted by atomic mass is 10.1. The number of nitrogens with zero attached hydrogens (tertiary/aromatic N) is 1. The van der Waals surface area contributed by atoms with E-state index in [0.29, 0.717) is 53.0 Å². The van der Waals surface area contributed by atoms with Crippen molar-refractivity contribution in [3.63, 3.8) is 0 Å². The highest BCUT2D eigenvalue weighted by atomic mass is 16.5. The predicted octanol–water partition coefficient (Wildman–Crippen LogP) is 5.24. The van der Waals surface area contributed by atoms with Crippen LogP contribution in [0.3, 0.4) is 0 Å². The van der Waals surface area contributed by atoms with Crippen LogP contribution >= 0.6 is 0 Å². The molecule has 1 aliphatic rings. The summed E-state index contributed by atoms with van der Waals surface area (Å²) in [6.45, 7) is 0.263. The first-order chi connectivity index (χ1) is 19.4. The average molecular weight is 542 g/mol. The van der Waals surface area contributed by atoms with Crippen LogP contribution in [0.1, 0.15) is 46.4 Å². The summed E-state index contributed by atoms with van der Waals surface area (Å²) in [5.41, 5.74) is 1.19. The molecule has 0 spiro atoms. The zero-order valence-corrected chi connectivity index (χ0v) is 22.1. The Balaban J connectivity index is 1.27. The fourth-order valence-corrected chi connectivity index (χ4v) is 4.71. The Bertz CT molecular complexity index is 1640. The Kier molecular flexibility index (Phi) is 7.63. The minimum Gasteiger partial charge on any atom is -0.493 e. The van der Waals surface area contributed by atoms with Crippen molar-refractivity contribution in [3.8, 4) is 28.6 Å². The van der Waals surface area contributed by atoms with Gasteiger partial charge in [0.1, 0.15) is 5.58 Å². The molecular weight excluding hydrogens is 514 g/mol. The lowest BCUT2D eigenvalue weighted by Gasteiger charge is -2.14. The molecule has 0 N–H and O–H groups in total. The smallest absolute Gasteiger partial charge is 0.311 e. The summed E-state index contributed by atoms with van der Waals surface area (Å²) < 4.78 is 22.3. The number of fused-ring (bicyclic) bond motifs is 2. The highest BCUT2D eigenvalue weighted by molar-refractivity contribution is 6.21. The van der Waals surface area contributed by atoms with Gasteiger partial charge < -0.3 is 18.6 Å². The number of rotatable bonds is 10. The number of esters is 1. The molecule has 5 rings (SSSR count). The average Bonchev–Trinajstić information content (AvgIpc) is 3.22. The first-order valence-electron chi connectivity index (χ1n) is 12.9. The molecule has 0 fully saturated rings. The van der Waals surface area contributed by atoms with E-state index in [9.17, 15) is 19.2 Å². The number of benzene rings is 3. The number of hydrogen-bond donors (Lipinski definition) is 0. The van der Waals surface area contributed by atoms with Crippen LogP contribution in [0.25, 0.3) is 22.3 Å². The maximum Gasteiger partial charge on any atom is 0.311 e. The molecule has 40 heavy (non-hydrogen) atoms. The van der Waals surface area contributed by atoms with Crippen molar-refractivity contribution in [3.05, 3.63) is 88.1 Å². The molecule has 0 saturated heterocycles. The molecule has 9 heteroatoms. The summed E-state index contributed by atoms with van der Waals surface area (Å²) in [6.07, 6.45) is 1.61. The molecule has 3 aromatic carbocycles. The molecular formula is C31H27NO8. The van der Waals surface area contributed by atoms with Crippen LogP contribution in [0.5, 0.6) is 17.2 Å². The minimum atomic E-state index is -0.593. The van der Waals surface area contributed by atoms with Crippen LogP contribution in [0, 0.1) is 0 Å². The van der Waals surface area contributed by atoms with Crippen LogP contribution in [-0.2, 0) is 4.79 Å². The summed E-state index contributed by atoms with van der Waals surface area (Å²) in [5, 5.41) is 0.287. The number of methoxy groups -OCH3 is 2. The van der Waals surface area contributed by atoms with E-state index in [2.05, 4.69) is 0 Å². The standard InChI is InChI=1S/C31H27NO8/c1-37-24-16-15-19(18-25(24)38-2)28-29(27(34)22-12-7-8-13-23(22)39-28)40-26(33)14-4-3-9-17-32-30(35)20-10-5-6-11-21(20)31(32)36/h5-8,10-13,15-16,18H,3-4,9,14,17H2,1-2H3. The molecule has 0 bridgehead atoms. The normalized spacial score (nSPS) is 12.5. The third-order valence-corrected chi connectivity index (χ3v) is 6.76. The van der Waals surface area contributed by atoms with E-state index in [0.717, 1.165) is 0 Å². The Morgan fingerprint density at radius 3 is 2.17 bits per heavy atom. The van der Waals surface area contributed by atoms with Crippen molar-refractivity contribution >= 4 is 28.8 Å². The number of imide groups is 1. The molecule has 1 aromatic heterocycles. The monoisotopic (exact) mass is 541 g/mol. The molecule has 4 aromatic rings. The van der Waals surface area contributed by atoms with Gasteiger partial charge in [-0.15, -0.1) is 0 Å². The minimum absolute atomic E-state index is 0.0414. The maximum atomic E-state index is 13.4. The fraction of sp³-hybridized carbons (Fsp3) is 0.226. The SMILES string of the molecule is COc1ccc(-c2oc3ccccc3c(=O)c2OC(=O)CCCCCN2C(=O)c3ccccc3C2=O)cc1OC. The lowest BCUT2D eigenvalue weighted by Crippen LogP contribution is -2.30. The molecule has 2 amide bonds. The molecule has 0 radical (unpaired) electrons. The van der Waals surface area contributed by atoms with Gasteiger partial charge in [0.25, 0.3) is 11.8 Å². The quantitative estimate of drug-likeness (QED) is 0.152. The van der Waals surface area contributed by atoms with Gasteiger partial charge in [0.2, 0.25) is 11.2 Å². The van der Waals surface area contributed by atoms with Gasteiger partial charge in [-0.1, -0.05) is 30.7 Å². The van der Waals surface area contributed by atoms with E-state index >= 15 is 0 Å². The van der Waals surface area contributed by atoms with Crippen LogP contribution < -0.4 is 19.6 Å². The highest BCUT2D eigenvalue weighted by Crippen LogP contribution is 2.37. The zero-order valence-electron chi connectivity index (χ0n) is 22.1. The van der Waals surface area contributed by atoms with Crippen LogP contribution in [0.4, 0.5) is 0 Å². The molecule has 1 aliphatic heterocycles. The maximum absolute atomic E-state index is 13.4. The Hall–Kier alpha value is -4.92. The number of hydrogen-bond acceptors (Lipinski definition) is 8.